The predicted molar refractivity (Wildman–Crippen MR) is 160 cm³/mol. The molecule has 0 bridgehead atoms. The van der Waals surface area contributed by atoms with E-state index in [-0.39, 0.29) is 23.9 Å². The van der Waals surface area contributed by atoms with Gasteiger partial charge in [0.2, 0.25) is 21.8 Å². The first-order chi connectivity index (χ1) is 18.8. The van der Waals surface area contributed by atoms with Gasteiger partial charge in [0.05, 0.1) is 19.1 Å². The maximum Gasteiger partial charge on any atom is 0.244 e. The number of rotatable bonds is 11. The van der Waals surface area contributed by atoms with E-state index in [1.807, 2.05) is 31.2 Å². The van der Waals surface area contributed by atoms with E-state index in [4.69, 9.17) is 4.74 Å². The Kier molecular flexibility index (Phi) is 10.6. The predicted octanol–water partition coefficient (Wildman–Crippen LogP) is 5.02. The number of carbonyl (C=O) groups is 2. The van der Waals surface area contributed by atoms with Crippen LogP contribution < -0.4 is 14.4 Å². The molecule has 8 nitrogen and oxygen atoms in total. The van der Waals surface area contributed by atoms with Crippen LogP contribution in [0.3, 0.4) is 0 Å². The second-order valence-corrected chi connectivity index (χ2v) is 13.6. The van der Waals surface area contributed by atoms with E-state index in [2.05, 4.69) is 26.1 Å². The van der Waals surface area contributed by atoms with Gasteiger partial charge in [0.25, 0.3) is 0 Å². The van der Waals surface area contributed by atoms with Crippen molar-refractivity contribution in [2.45, 2.75) is 90.3 Å². The quantitative estimate of drug-likeness (QED) is 0.409. The van der Waals surface area contributed by atoms with Gasteiger partial charge in [-0.05, 0) is 60.1 Å². The third-order valence-corrected chi connectivity index (χ3v) is 8.69. The van der Waals surface area contributed by atoms with E-state index >= 15 is 0 Å². The van der Waals surface area contributed by atoms with Gasteiger partial charge in [0.15, 0.2) is 0 Å². The lowest BCUT2D eigenvalue weighted by atomic mass is 9.87. The van der Waals surface area contributed by atoms with Crippen LogP contribution in [0.15, 0.2) is 48.5 Å². The van der Waals surface area contributed by atoms with Crippen molar-refractivity contribution in [3.8, 4) is 5.75 Å². The Morgan fingerprint density at radius 2 is 1.60 bits per heavy atom. The highest BCUT2D eigenvalue weighted by atomic mass is 32.2. The van der Waals surface area contributed by atoms with Gasteiger partial charge in [0, 0.05) is 12.6 Å². The molecule has 2 aromatic carbocycles. The molecule has 3 rings (SSSR count). The SMILES string of the molecule is CCC(C(=O)NC1CCCCC1)N(Cc1ccc(OC)cc1)C(=O)CN(c1ccc(C(C)(C)C)cc1)S(C)(=O)=O. The van der Waals surface area contributed by atoms with E-state index in [1.165, 1.54) is 11.3 Å². The molecular weight excluding hydrogens is 526 g/mol. The molecule has 0 spiro atoms. The molecule has 2 amide bonds. The number of hydrogen-bond donors (Lipinski definition) is 1. The zero-order valence-electron chi connectivity index (χ0n) is 24.8. The molecule has 0 saturated heterocycles. The molecule has 1 unspecified atom stereocenters. The van der Waals surface area contributed by atoms with E-state index in [0.29, 0.717) is 17.9 Å². The monoisotopic (exact) mass is 571 g/mol. The molecule has 9 heteroatoms. The van der Waals surface area contributed by atoms with Gasteiger partial charge >= 0.3 is 0 Å². The van der Waals surface area contributed by atoms with Gasteiger partial charge in [0.1, 0.15) is 18.3 Å². The van der Waals surface area contributed by atoms with E-state index < -0.39 is 28.5 Å². The molecule has 2 aromatic rings. The number of sulfonamides is 1. The standard InChI is InChI=1S/C31H45N3O5S/c1-7-28(30(36)32-25-11-9-8-10-12-25)33(21-23-13-19-27(39-5)20-14-23)29(35)22-34(40(6,37)38)26-17-15-24(16-18-26)31(2,3)4/h13-20,25,28H,7-12,21-22H2,1-6H3,(H,32,36). The Hall–Kier alpha value is -3.07. The van der Waals surface area contributed by atoms with Gasteiger partial charge in [-0.15, -0.1) is 0 Å². The van der Waals surface area contributed by atoms with Crippen LogP contribution >= 0.6 is 0 Å². The summed E-state index contributed by atoms with van der Waals surface area (Å²) in [6, 6.07) is 13.9. The van der Waals surface area contributed by atoms with Crippen molar-refractivity contribution >= 4 is 27.5 Å². The van der Waals surface area contributed by atoms with Gasteiger partial charge in [-0.1, -0.05) is 71.2 Å². The van der Waals surface area contributed by atoms with E-state index in [0.717, 1.165) is 47.4 Å². The number of anilines is 1. The van der Waals surface area contributed by atoms with Crippen molar-refractivity contribution in [3.05, 3.63) is 59.7 Å². The molecule has 1 fully saturated rings. The maximum atomic E-state index is 13.9. The summed E-state index contributed by atoms with van der Waals surface area (Å²) in [5.74, 6) is 0.0501. The highest BCUT2D eigenvalue weighted by molar-refractivity contribution is 7.92. The Morgan fingerprint density at radius 1 is 1.00 bits per heavy atom. The Morgan fingerprint density at radius 3 is 2.10 bits per heavy atom. The lowest BCUT2D eigenvalue weighted by Crippen LogP contribution is -2.53. The van der Waals surface area contributed by atoms with Crippen LogP contribution in [0, 0.1) is 0 Å². The average Bonchev–Trinajstić information content (AvgIpc) is 2.91. The van der Waals surface area contributed by atoms with Crippen LogP contribution in [0.1, 0.15) is 77.3 Å². The fourth-order valence-corrected chi connectivity index (χ4v) is 5.98. The molecule has 1 saturated carbocycles. The average molecular weight is 572 g/mol. The number of benzene rings is 2. The first kappa shape index (κ1) is 31.5. The fraction of sp³-hybridized carbons (Fsp3) is 0.548. The summed E-state index contributed by atoms with van der Waals surface area (Å²) in [5.41, 5.74) is 2.19. The zero-order valence-corrected chi connectivity index (χ0v) is 25.6. The Balaban J connectivity index is 1.92. The lowest BCUT2D eigenvalue weighted by molar-refractivity contribution is -0.140. The summed E-state index contributed by atoms with van der Waals surface area (Å²) in [6.45, 7) is 7.89. The minimum atomic E-state index is -3.78. The minimum absolute atomic E-state index is 0.0977. The zero-order chi connectivity index (χ0) is 29.5. The number of nitrogens with one attached hydrogen (secondary N) is 1. The molecule has 40 heavy (non-hydrogen) atoms. The van der Waals surface area contributed by atoms with Crippen molar-refractivity contribution in [3.63, 3.8) is 0 Å². The maximum absolute atomic E-state index is 13.9. The van der Waals surface area contributed by atoms with Crippen LogP contribution in [0.2, 0.25) is 0 Å². The smallest absolute Gasteiger partial charge is 0.244 e. The molecule has 1 aliphatic carbocycles. The molecule has 1 aliphatic rings. The molecule has 1 N–H and O–H groups in total. The number of hydrogen-bond acceptors (Lipinski definition) is 5. The molecule has 0 heterocycles. The Labute approximate surface area is 240 Å². The summed E-state index contributed by atoms with van der Waals surface area (Å²) in [5, 5.41) is 3.16. The van der Waals surface area contributed by atoms with Crippen molar-refractivity contribution in [1.82, 2.24) is 10.2 Å². The number of carbonyl (C=O) groups excluding carboxylic acids is 2. The molecular formula is C31H45N3O5S. The summed E-state index contributed by atoms with van der Waals surface area (Å²) in [4.78, 5) is 29.0. The van der Waals surface area contributed by atoms with Crippen molar-refractivity contribution in [2.75, 3.05) is 24.2 Å². The first-order valence-electron chi connectivity index (χ1n) is 14.1. The number of amides is 2. The van der Waals surface area contributed by atoms with Gasteiger partial charge < -0.3 is 15.0 Å². The topological polar surface area (TPSA) is 96.0 Å². The van der Waals surface area contributed by atoms with Crippen LogP contribution in [0.4, 0.5) is 5.69 Å². The molecule has 220 valence electrons. The lowest BCUT2D eigenvalue weighted by Gasteiger charge is -2.34. The minimum Gasteiger partial charge on any atom is -0.497 e. The third-order valence-electron chi connectivity index (χ3n) is 7.55. The third kappa shape index (κ3) is 8.46. The molecule has 0 aliphatic heterocycles. The molecule has 1 atom stereocenters. The molecule has 0 radical (unpaired) electrons. The highest BCUT2D eigenvalue weighted by Gasteiger charge is 2.33. The largest absolute Gasteiger partial charge is 0.497 e. The molecule has 0 aromatic heterocycles. The summed E-state index contributed by atoms with van der Waals surface area (Å²) >= 11 is 0. The Bertz CT molecular complexity index is 1230. The van der Waals surface area contributed by atoms with E-state index in [9.17, 15) is 18.0 Å². The number of nitrogens with zero attached hydrogens (tertiary/aromatic N) is 2. The highest BCUT2D eigenvalue weighted by Crippen LogP contribution is 2.27. The van der Waals surface area contributed by atoms with Gasteiger partial charge in [-0.2, -0.15) is 0 Å². The van der Waals surface area contributed by atoms with Crippen LogP contribution in [0.5, 0.6) is 5.75 Å². The van der Waals surface area contributed by atoms with Gasteiger partial charge in [-0.25, -0.2) is 8.42 Å². The summed E-state index contributed by atoms with van der Waals surface area (Å²) in [7, 11) is -2.20. The van der Waals surface area contributed by atoms with Crippen molar-refractivity contribution < 1.29 is 22.7 Å². The first-order valence-corrected chi connectivity index (χ1v) is 16.0. The fourth-order valence-electron chi connectivity index (χ4n) is 5.13. The van der Waals surface area contributed by atoms with Crippen molar-refractivity contribution in [1.29, 1.82) is 0 Å². The number of methoxy groups -OCH3 is 1. The van der Waals surface area contributed by atoms with Crippen LogP contribution in [-0.4, -0.2) is 57.1 Å². The normalized spacial score (nSPS) is 15.2. The van der Waals surface area contributed by atoms with Crippen LogP contribution in [0.25, 0.3) is 0 Å². The van der Waals surface area contributed by atoms with Crippen molar-refractivity contribution in [2.24, 2.45) is 0 Å². The van der Waals surface area contributed by atoms with E-state index in [1.54, 1.807) is 31.4 Å². The van der Waals surface area contributed by atoms with Gasteiger partial charge in [-0.3, -0.25) is 13.9 Å². The summed E-state index contributed by atoms with van der Waals surface area (Å²) in [6.07, 6.45) is 6.69. The van der Waals surface area contributed by atoms with Crippen LogP contribution in [-0.2, 0) is 31.6 Å². The summed E-state index contributed by atoms with van der Waals surface area (Å²) < 4.78 is 32.2. The number of ether oxygens (including phenoxy) is 1. The second kappa shape index (κ2) is 13.5. The second-order valence-electron chi connectivity index (χ2n) is 11.7.